The Labute approximate surface area is 185 Å². The summed E-state index contributed by atoms with van der Waals surface area (Å²) >= 11 is 6.12. The van der Waals surface area contributed by atoms with E-state index in [0.717, 1.165) is 12.1 Å². The number of piperidine rings is 1. The Morgan fingerprint density at radius 2 is 1.94 bits per heavy atom. The largest absolute Gasteiger partial charge is 0.462 e. The zero-order valence-corrected chi connectivity index (χ0v) is 18.4. The summed E-state index contributed by atoms with van der Waals surface area (Å²) < 4.78 is 45.0. The zero-order chi connectivity index (χ0) is 22.6. The Morgan fingerprint density at radius 1 is 1.23 bits per heavy atom. The molecule has 1 saturated heterocycles. The van der Waals surface area contributed by atoms with Gasteiger partial charge in [0.15, 0.2) is 0 Å². The number of hydrogen-bond acceptors (Lipinski definition) is 5. The zero-order valence-electron chi connectivity index (χ0n) is 16.8. The number of carbonyl (C=O) groups excluding carboxylic acids is 2. The van der Waals surface area contributed by atoms with Crippen molar-refractivity contribution in [2.24, 2.45) is 5.92 Å². The molecular formula is C21H22ClFN2O5S. The fourth-order valence-corrected chi connectivity index (χ4v) is 5.12. The molecule has 1 fully saturated rings. The first-order valence-corrected chi connectivity index (χ1v) is 11.6. The van der Waals surface area contributed by atoms with Gasteiger partial charge in [-0.25, -0.2) is 17.6 Å². The van der Waals surface area contributed by atoms with Crippen LogP contribution in [0.1, 0.15) is 30.1 Å². The molecule has 10 heteroatoms. The molecule has 2 aromatic rings. The van der Waals surface area contributed by atoms with Crippen LogP contribution in [0.3, 0.4) is 0 Å². The predicted molar refractivity (Wildman–Crippen MR) is 114 cm³/mol. The number of esters is 1. The smallest absolute Gasteiger partial charge is 0.339 e. The van der Waals surface area contributed by atoms with Crippen LogP contribution in [0.4, 0.5) is 10.1 Å². The van der Waals surface area contributed by atoms with Crippen molar-refractivity contribution in [3.05, 3.63) is 58.9 Å². The maximum atomic E-state index is 13.1. The van der Waals surface area contributed by atoms with Crippen LogP contribution in [0, 0.1) is 11.7 Å². The number of amides is 1. The van der Waals surface area contributed by atoms with Crippen LogP contribution in [-0.2, 0) is 19.6 Å². The molecule has 1 atom stereocenters. The molecule has 166 valence electrons. The summed E-state index contributed by atoms with van der Waals surface area (Å²) in [6.07, 6.45) is 1.04. The Morgan fingerprint density at radius 3 is 2.58 bits per heavy atom. The van der Waals surface area contributed by atoms with E-state index in [9.17, 15) is 22.4 Å². The molecule has 0 unspecified atom stereocenters. The minimum absolute atomic E-state index is 0.0141. The molecule has 31 heavy (non-hydrogen) atoms. The Kier molecular flexibility index (Phi) is 7.30. The van der Waals surface area contributed by atoms with Crippen molar-refractivity contribution >= 4 is 39.2 Å². The third-order valence-electron chi connectivity index (χ3n) is 4.94. The highest BCUT2D eigenvalue weighted by Gasteiger charge is 2.33. The molecule has 3 rings (SSSR count). The molecule has 0 saturated carbocycles. The van der Waals surface area contributed by atoms with Crippen LogP contribution in [0.5, 0.6) is 0 Å². The number of carbonyl (C=O) groups is 2. The molecular weight excluding hydrogens is 447 g/mol. The number of ether oxygens (including phenoxy) is 1. The van der Waals surface area contributed by atoms with Crippen molar-refractivity contribution in [2.45, 2.75) is 24.7 Å². The van der Waals surface area contributed by atoms with Crippen LogP contribution in [0.2, 0.25) is 5.02 Å². The summed E-state index contributed by atoms with van der Waals surface area (Å²) in [4.78, 5) is 24.6. The number of nitrogens with zero attached hydrogens (tertiary/aromatic N) is 1. The van der Waals surface area contributed by atoms with Gasteiger partial charge in [0.05, 0.1) is 28.0 Å². The fourth-order valence-electron chi connectivity index (χ4n) is 3.34. The average Bonchev–Trinajstić information content (AvgIpc) is 2.74. The first kappa shape index (κ1) is 23.2. The summed E-state index contributed by atoms with van der Waals surface area (Å²) in [7, 11) is -3.83. The van der Waals surface area contributed by atoms with E-state index in [1.54, 1.807) is 6.92 Å². The van der Waals surface area contributed by atoms with Gasteiger partial charge in [-0.3, -0.25) is 4.79 Å². The molecule has 2 aromatic carbocycles. The lowest BCUT2D eigenvalue weighted by Crippen LogP contribution is -2.43. The minimum Gasteiger partial charge on any atom is -0.462 e. The van der Waals surface area contributed by atoms with E-state index >= 15 is 0 Å². The molecule has 0 spiro atoms. The first-order valence-electron chi connectivity index (χ1n) is 9.75. The highest BCUT2D eigenvalue weighted by molar-refractivity contribution is 7.89. The SMILES string of the molecule is CCOC(=O)c1ccc(NC(=O)[C@@H]2CCCN(S(=O)(=O)c3ccc(F)cc3)C2)cc1Cl. The average molecular weight is 469 g/mol. The van der Waals surface area contributed by atoms with Crippen LogP contribution in [-0.4, -0.2) is 44.3 Å². The van der Waals surface area contributed by atoms with Crippen molar-refractivity contribution in [2.75, 3.05) is 25.0 Å². The van der Waals surface area contributed by atoms with Crippen LogP contribution in [0.25, 0.3) is 0 Å². The number of sulfonamides is 1. The molecule has 0 radical (unpaired) electrons. The maximum absolute atomic E-state index is 13.1. The molecule has 1 aliphatic heterocycles. The topological polar surface area (TPSA) is 92.8 Å². The second-order valence-corrected chi connectivity index (χ2v) is 9.41. The Hall–Kier alpha value is -2.49. The highest BCUT2D eigenvalue weighted by atomic mass is 35.5. The van der Waals surface area contributed by atoms with E-state index in [2.05, 4.69) is 5.32 Å². The van der Waals surface area contributed by atoms with E-state index in [4.69, 9.17) is 16.3 Å². The van der Waals surface area contributed by atoms with E-state index in [1.165, 1.54) is 34.6 Å². The Balaban J connectivity index is 1.69. The van der Waals surface area contributed by atoms with Gasteiger partial charge in [-0.05, 0) is 62.2 Å². The number of anilines is 1. The molecule has 1 amide bonds. The number of rotatable bonds is 6. The van der Waals surface area contributed by atoms with E-state index < -0.39 is 27.7 Å². The van der Waals surface area contributed by atoms with Gasteiger partial charge in [0.25, 0.3) is 0 Å². The third kappa shape index (κ3) is 5.41. The number of benzene rings is 2. The number of hydrogen-bond donors (Lipinski definition) is 1. The quantitative estimate of drug-likeness (QED) is 0.652. The van der Waals surface area contributed by atoms with Gasteiger partial charge in [-0.2, -0.15) is 4.31 Å². The lowest BCUT2D eigenvalue weighted by atomic mass is 9.98. The summed E-state index contributed by atoms with van der Waals surface area (Å²) in [6, 6.07) is 9.04. The van der Waals surface area contributed by atoms with E-state index in [0.29, 0.717) is 18.5 Å². The molecule has 0 aliphatic carbocycles. The first-order chi connectivity index (χ1) is 14.7. The van der Waals surface area contributed by atoms with Gasteiger partial charge in [-0.15, -0.1) is 0 Å². The van der Waals surface area contributed by atoms with Gasteiger partial charge in [0, 0.05) is 18.8 Å². The fraction of sp³-hybridized carbons (Fsp3) is 0.333. The second-order valence-electron chi connectivity index (χ2n) is 7.06. The summed E-state index contributed by atoms with van der Waals surface area (Å²) in [6.45, 7) is 2.19. The van der Waals surface area contributed by atoms with Crippen molar-refractivity contribution in [1.82, 2.24) is 4.31 Å². The van der Waals surface area contributed by atoms with Crippen molar-refractivity contribution < 1.29 is 27.1 Å². The van der Waals surface area contributed by atoms with Gasteiger partial charge < -0.3 is 10.1 Å². The summed E-state index contributed by atoms with van der Waals surface area (Å²) in [5.41, 5.74) is 0.581. The van der Waals surface area contributed by atoms with Crippen molar-refractivity contribution in [3.63, 3.8) is 0 Å². The highest BCUT2D eigenvalue weighted by Crippen LogP contribution is 2.26. The minimum atomic E-state index is -3.83. The molecule has 1 N–H and O–H groups in total. The standard InChI is InChI=1S/C21H22ClFN2O5S/c1-2-30-21(27)18-10-7-16(12-19(18)22)24-20(26)14-4-3-11-25(13-14)31(28,29)17-8-5-15(23)6-9-17/h5-10,12,14H,2-4,11,13H2,1H3,(H,24,26)/t14-/m1/s1. The normalized spacial score (nSPS) is 17.2. The lowest BCUT2D eigenvalue weighted by molar-refractivity contribution is -0.120. The molecule has 0 aromatic heterocycles. The predicted octanol–water partition coefficient (Wildman–Crippen LogP) is 3.70. The maximum Gasteiger partial charge on any atom is 0.339 e. The third-order valence-corrected chi connectivity index (χ3v) is 7.13. The van der Waals surface area contributed by atoms with E-state index in [-0.39, 0.29) is 41.1 Å². The second kappa shape index (κ2) is 9.76. The van der Waals surface area contributed by atoms with Gasteiger partial charge >= 0.3 is 5.97 Å². The molecule has 0 bridgehead atoms. The number of nitrogens with one attached hydrogen (secondary N) is 1. The van der Waals surface area contributed by atoms with Crippen LogP contribution < -0.4 is 5.32 Å². The van der Waals surface area contributed by atoms with Crippen LogP contribution >= 0.6 is 11.6 Å². The van der Waals surface area contributed by atoms with Gasteiger partial charge in [0.2, 0.25) is 15.9 Å². The van der Waals surface area contributed by atoms with Crippen LogP contribution in [0.15, 0.2) is 47.4 Å². The monoisotopic (exact) mass is 468 g/mol. The molecule has 1 heterocycles. The van der Waals surface area contributed by atoms with E-state index in [1.807, 2.05) is 0 Å². The lowest BCUT2D eigenvalue weighted by Gasteiger charge is -2.31. The molecule has 7 nitrogen and oxygen atoms in total. The van der Waals surface area contributed by atoms with Gasteiger partial charge in [-0.1, -0.05) is 11.6 Å². The summed E-state index contributed by atoms with van der Waals surface area (Å²) in [5, 5.41) is 2.86. The Bertz CT molecular complexity index is 1080. The van der Waals surface area contributed by atoms with Crippen molar-refractivity contribution in [3.8, 4) is 0 Å². The summed E-state index contributed by atoms with van der Waals surface area (Å²) in [5.74, 6) is -1.99. The molecule has 1 aliphatic rings. The van der Waals surface area contributed by atoms with Gasteiger partial charge in [0.1, 0.15) is 5.82 Å². The van der Waals surface area contributed by atoms with Crippen molar-refractivity contribution in [1.29, 1.82) is 0 Å². The number of halogens is 2.